The molecule has 0 N–H and O–H groups in total. The predicted octanol–water partition coefficient (Wildman–Crippen LogP) is 3.81. The van der Waals surface area contributed by atoms with Gasteiger partial charge in [0.1, 0.15) is 17.9 Å². The summed E-state index contributed by atoms with van der Waals surface area (Å²) in [5.74, 6) is 0.384. The highest BCUT2D eigenvalue weighted by Gasteiger charge is 2.41. The topological polar surface area (TPSA) is 72.7 Å². The molecule has 1 unspecified atom stereocenters. The second-order valence-corrected chi connectivity index (χ2v) is 6.33. The molecule has 0 saturated carbocycles. The molecular formula is C19H18N2O4. The number of carbonyl (C=O) groups is 1. The van der Waals surface area contributed by atoms with Crippen molar-refractivity contribution in [1.82, 2.24) is 0 Å². The Kier molecular flexibility index (Phi) is 4.27. The fourth-order valence-corrected chi connectivity index (χ4v) is 2.87. The summed E-state index contributed by atoms with van der Waals surface area (Å²) in [4.78, 5) is 24.1. The molecule has 0 spiro atoms. The van der Waals surface area contributed by atoms with Crippen molar-refractivity contribution >= 4 is 23.7 Å². The number of carbonyl (C=O) groups excluding carboxylic acids is 1. The van der Waals surface area contributed by atoms with Gasteiger partial charge < -0.3 is 14.4 Å². The van der Waals surface area contributed by atoms with Crippen molar-refractivity contribution in [2.75, 3.05) is 4.90 Å². The molecule has 2 aromatic rings. The maximum absolute atomic E-state index is 11.7. The van der Waals surface area contributed by atoms with Crippen molar-refractivity contribution in [3.8, 4) is 5.75 Å². The highest BCUT2D eigenvalue weighted by molar-refractivity contribution is 5.77. The molecule has 0 bridgehead atoms. The number of anilines is 1. The molecule has 0 fully saturated rings. The van der Waals surface area contributed by atoms with E-state index in [4.69, 9.17) is 4.74 Å². The van der Waals surface area contributed by atoms with E-state index < -0.39 is 16.6 Å². The maximum Gasteiger partial charge on any atom is 0.273 e. The van der Waals surface area contributed by atoms with Crippen LogP contribution in [-0.2, 0) is 4.79 Å². The van der Waals surface area contributed by atoms with Crippen LogP contribution in [0.25, 0.3) is 6.08 Å². The van der Waals surface area contributed by atoms with Gasteiger partial charge in [0.2, 0.25) is 0 Å². The SMILES string of the molecule is CC1(C)Oc2cc([N+](=O)[O-])ccc2N(C=Cc2ccccc2)C1C=O. The van der Waals surface area contributed by atoms with Gasteiger partial charge in [-0.25, -0.2) is 0 Å². The number of aldehydes is 1. The average Bonchev–Trinajstić information content (AvgIpc) is 2.58. The van der Waals surface area contributed by atoms with E-state index in [1.54, 1.807) is 24.8 Å². The van der Waals surface area contributed by atoms with Crippen LogP contribution in [0.1, 0.15) is 19.4 Å². The molecule has 1 aliphatic heterocycles. The van der Waals surface area contributed by atoms with E-state index in [1.807, 2.05) is 42.6 Å². The Bertz CT molecular complexity index is 831. The van der Waals surface area contributed by atoms with Gasteiger partial charge in [0.15, 0.2) is 5.75 Å². The van der Waals surface area contributed by atoms with Crippen LogP contribution < -0.4 is 9.64 Å². The molecular weight excluding hydrogens is 320 g/mol. The average molecular weight is 338 g/mol. The van der Waals surface area contributed by atoms with Crippen LogP contribution in [0.15, 0.2) is 54.7 Å². The first-order valence-corrected chi connectivity index (χ1v) is 7.87. The highest BCUT2D eigenvalue weighted by Crippen LogP contribution is 2.42. The summed E-state index contributed by atoms with van der Waals surface area (Å²) < 4.78 is 5.88. The first-order chi connectivity index (χ1) is 11.9. The number of hydrogen-bond donors (Lipinski definition) is 0. The smallest absolute Gasteiger partial charge is 0.273 e. The number of benzene rings is 2. The summed E-state index contributed by atoms with van der Waals surface area (Å²) in [6.45, 7) is 3.58. The van der Waals surface area contributed by atoms with Crippen LogP contribution in [0.2, 0.25) is 0 Å². The molecule has 0 amide bonds. The fraction of sp³-hybridized carbons (Fsp3) is 0.211. The van der Waals surface area contributed by atoms with Gasteiger partial charge in [0, 0.05) is 12.3 Å². The lowest BCUT2D eigenvalue weighted by atomic mass is 9.95. The van der Waals surface area contributed by atoms with E-state index in [-0.39, 0.29) is 5.69 Å². The van der Waals surface area contributed by atoms with E-state index in [1.165, 1.54) is 12.1 Å². The monoisotopic (exact) mass is 338 g/mol. The minimum absolute atomic E-state index is 0.0499. The summed E-state index contributed by atoms with van der Waals surface area (Å²) in [6, 6.07) is 13.5. The number of rotatable bonds is 4. The van der Waals surface area contributed by atoms with Gasteiger partial charge >= 0.3 is 0 Å². The zero-order chi connectivity index (χ0) is 18.0. The largest absolute Gasteiger partial charge is 0.483 e. The molecule has 3 rings (SSSR count). The number of nitro groups is 1. The third-order valence-electron chi connectivity index (χ3n) is 4.17. The molecule has 0 saturated heterocycles. The zero-order valence-corrected chi connectivity index (χ0v) is 14.0. The van der Waals surface area contributed by atoms with Crippen LogP contribution in [0.4, 0.5) is 11.4 Å². The van der Waals surface area contributed by atoms with Gasteiger partial charge in [-0.1, -0.05) is 30.3 Å². The maximum atomic E-state index is 11.7. The summed E-state index contributed by atoms with van der Waals surface area (Å²) in [5.41, 5.74) is 0.727. The normalized spacial score (nSPS) is 18.5. The molecule has 25 heavy (non-hydrogen) atoms. The van der Waals surface area contributed by atoms with E-state index in [9.17, 15) is 14.9 Å². The Labute approximate surface area is 145 Å². The van der Waals surface area contributed by atoms with Crippen LogP contribution in [0.3, 0.4) is 0 Å². The molecule has 1 heterocycles. The molecule has 0 radical (unpaired) electrons. The molecule has 128 valence electrons. The first kappa shape index (κ1) is 16.7. The van der Waals surface area contributed by atoms with Gasteiger partial charge in [0.05, 0.1) is 16.7 Å². The van der Waals surface area contributed by atoms with Gasteiger partial charge in [-0.15, -0.1) is 0 Å². The standard InChI is InChI=1S/C19H18N2O4/c1-19(2)18(13-22)20(11-10-14-6-4-3-5-7-14)16-9-8-15(21(23)24)12-17(16)25-19/h3-13,18H,1-2H3. The Morgan fingerprint density at radius 2 is 1.92 bits per heavy atom. The summed E-state index contributed by atoms with van der Waals surface area (Å²) in [6.07, 6.45) is 4.53. The van der Waals surface area contributed by atoms with E-state index in [0.29, 0.717) is 11.4 Å². The van der Waals surface area contributed by atoms with Crippen LogP contribution in [0, 0.1) is 10.1 Å². The van der Waals surface area contributed by atoms with Gasteiger partial charge in [-0.2, -0.15) is 0 Å². The van der Waals surface area contributed by atoms with Gasteiger partial charge in [-0.05, 0) is 31.6 Å². The van der Waals surface area contributed by atoms with Crippen molar-refractivity contribution in [3.63, 3.8) is 0 Å². The molecule has 0 aromatic heterocycles. The zero-order valence-electron chi connectivity index (χ0n) is 14.0. The number of fused-ring (bicyclic) bond motifs is 1. The van der Waals surface area contributed by atoms with Crippen molar-refractivity contribution in [2.24, 2.45) is 0 Å². The fourth-order valence-electron chi connectivity index (χ4n) is 2.87. The molecule has 1 atom stereocenters. The predicted molar refractivity (Wildman–Crippen MR) is 95.6 cm³/mol. The number of nitrogens with zero attached hydrogens (tertiary/aromatic N) is 2. The second-order valence-electron chi connectivity index (χ2n) is 6.33. The van der Waals surface area contributed by atoms with Crippen LogP contribution in [-0.4, -0.2) is 22.9 Å². The summed E-state index contributed by atoms with van der Waals surface area (Å²) >= 11 is 0. The molecule has 2 aromatic carbocycles. The Hall–Kier alpha value is -3.15. The molecule has 0 aliphatic carbocycles. The van der Waals surface area contributed by atoms with Crippen molar-refractivity contribution < 1.29 is 14.5 Å². The Morgan fingerprint density at radius 3 is 2.56 bits per heavy atom. The van der Waals surface area contributed by atoms with Crippen LogP contribution >= 0.6 is 0 Å². The second kappa shape index (κ2) is 6.39. The molecule has 6 nitrogen and oxygen atoms in total. The number of ether oxygens (including phenoxy) is 1. The lowest BCUT2D eigenvalue weighted by molar-refractivity contribution is -0.385. The van der Waals surface area contributed by atoms with Crippen molar-refractivity contribution in [1.29, 1.82) is 0 Å². The number of non-ortho nitro benzene ring substituents is 1. The van der Waals surface area contributed by atoms with E-state index in [2.05, 4.69) is 0 Å². The third kappa shape index (κ3) is 3.24. The van der Waals surface area contributed by atoms with Crippen molar-refractivity contribution in [2.45, 2.75) is 25.5 Å². The minimum atomic E-state index is -0.828. The highest BCUT2D eigenvalue weighted by atomic mass is 16.6. The van der Waals surface area contributed by atoms with Crippen LogP contribution in [0.5, 0.6) is 5.75 Å². The molecule has 1 aliphatic rings. The van der Waals surface area contributed by atoms with Gasteiger partial charge in [-0.3, -0.25) is 10.1 Å². The Morgan fingerprint density at radius 1 is 1.20 bits per heavy atom. The lowest BCUT2D eigenvalue weighted by Crippen LogP contribution is -2.55. The quantitative estimate of drug-likeness (QED) is 0.481. The lowest BCUT2D eigenvalue weighted by Gasteiger charge is -2.44. The number of nitro benzene ring substituents is 1. The third-order valence-corrected chi connectivity index (χ3v) is 4.17. The van der Waals surface area contributed by atoms with Gasteiger partial charge in [0.25, 0.3) is 5.69 Å². The first-order valence-electron chi connectivity index (χ1n) is 7.87. The van der Waals surface area contributed by atoms with Crippen molar-refractivity contribution in [3.05, 3.63) is 70.4 Å². The van der Waals surface area contributed by atoms with E-state index in [0.717, 1.165) is 11.8 Å². The Balaban J connectivity index is 2.06. The number of hydrogen-bond acceptors (Lipinski definition) is 5. The minimum Gasteiger partial charge on any atom is -0.483 e. The van der Waals surface area contributed by atoms with E-state index >= 15 is 0 Å². The molecule has 6 heteroatoms. The summed E-state index contributed by atoms with van der Waals surface area (Å²) in [5, 5.41) is 11.0. The summed E-state index contributed by atoms with van der Waals surface area (Å²) in [7, 11) is 0.